The van der Waals surface area contributed by atoms with E-state index in [2.05, 4.69) is 17.4 Å². The van der Waals surface area contributed by atoms with Crippen LogP contribution in [0.15, 0.2) is 30.3 Å². The van der Waals surface area contributed by atoms with Gasteiger partial charge in [-0.3, -0.25) is 4.79 Å². The summed E-state index contributed by atoms with van der Waals surface area (Å²) in [5.41, 5.74) is 0.716. The smallest absolute Gasteiger partial charge is 0.330 e. The van der Waals surface area contributed by atoms with Crippen molar-refractivity contribution in [1.29, 1.82) is 0 Å². The number of carbonyl (C=O) groups is 2. The van der Waals surface area contributed by atoms with E-state index in [1.54, 1.807) is 5.06 Å². The van der Waals surface area contributed by atoms with Crippen LogP contribution in [0, 0.1) is 11.3 Å². The first-order valence-corrected chi connectivity index (χ1v) is 8.65. The lowest BCUT2D eigenvalue weighted by Crippen LogP contribution is -2.43. The average Bonchev–Trinajstić information content (AvgIpc) is 2.55. The van der Waals surface area contributed by atoms with Gasteiger partial charge >= 0.3 is 5.97 Å². The van der Waals surface area contributed by atoms with Gasteiger partial charge in [0.15, 0.2) is 0 Å². The lowest BCUT2D eigenvalue weighted by Gasteiger charge is -2.31. The number of amides is 1. The monoisotopic (exact) mass is 332 g/mol. The molecule has 0 spiro atoms. The molecule has 0 radical (unpaired) electrons. The number of rotatable bonds is 5. The van der Waals surface area contributed by atoms with Gasteiger partial charge in [0.25, 0.3) is 0 Å². The Bertz CT molecular complexity index is 543. The van der Waals surface area contributed by atoms with Crippen molar-refractivity contribution >= 4 is 11.9 Å². The lowest BCUT2D eigenvalue weighted by molar-refractivity contribution is -0.205. The highest BCUT2D eigenvalue weighted by molar-refractivity contribution is 5.78. The van der Waals surface area contributed by atoms with Gasteiger partial charge in [-0.2, -0.15) is 0 Å². The van der Waals surface area contributed by atoms with Crippen molar-refractivity contribution in [2.24, 2.45) is 11.3 Å². The van der Waals surface area contributed by atoms with Crippen molar-refractivity contribution < 1.29 is 14.4 Å². The average molecular weight is 332 g/mol. The third kappa shape index (κ3) is 5.64. The molecule has 1 amide bonds. The van der Waals surface area contributed by atoms with Crippen LogP contribution in [-0.2, 0) is 20.8 Å². The number of hydrogen-bond acceptors (Lipinski definition) is 4. The molecule has 1 heterocycles. The highest BCUT2D eigenvalue weighted by Crippen LogP contribution is 2.21. The van der Waals surface area contributed by atoms with Crippen LogP contribution in [0.2, 0.25) is 0 Å². The third-order valence-electron chi connectivity index (χ3n) is 4.20. The summed E-state index contributed by atoms with van der Waals surface area (Å²) >= 11 is 0. The van der Waals surface area contributed by atoms with Gasteiger partial charge in [0.2, 0.25) is 5.91 Å². The first-order chi connectivity index (χ1) is 11.4. The maximum atomic E-state index is 12.2. The van der Waals surface area contributed by atoms with E-state index in [1.165, 1.54) is 5.56 Å². The second-order valence-electron chi connectivity index (χ2n) is 7.36. The minimum absolute atomic E-state index is 0.00496. The number of hydroxylamine groups is 2. The van der Waals surface area contributed by atoms with E-state index in [4.69, 9.17) is 4.84 Å². The first-order valence-electron chi connectivity index (χ1n) is 8.65. The summed E-state index contributed by atoms with van der Waals surface area (Å²) in [6, 6.07) is 10.1. The Labute approximate surface area is 144 Å². The van der Waals surface area contributed by atoms with E-state index in [9.17, 15) is 9.59 Å². The number of nitrogens with zero attached hydrogens (tertiary/aromatic N) is 1. The molecule has 1 aliphatic rings. The maximum absolute atomic E-state index is 12.2. The Balaban J connectivity index is 1.68. The Morgan fingerprint density at radius 3 is 2.38 bits per heavy atom. The molecule has 0 bridgehead atoms. The molecule has 24 heavy (non-hydrogen) atoms. The molecule has 132 valence electrons. The molecule has 1 aromatic carbocycles. The van der Waals surface area contributed by atoms with E-state index in [0.29, 0.717) is 32.5 Å². The molecule has 0 aliphatic carbocycles. The SMILES string of the molecule is CC(C)(C)C(=O)ON1CCC(C(=O)NCCc2ccccc2)CC1. The van der Waals surface area contributed by atoms with Crippen LogP contribution >= 0.6 is 0 Å². The Kier molecular flexibility index (Phi) is 6.37. The van der Waals surface area contributed by atoms with E-state index >= 15 is 0 Å². The first kappa shape index (κ1) is 18.5. The zero-order valence-corrected chi connectivity index (χ0v) is 14.9. The van der Waals surface area contributed by atoms with Crippen LogP contribution in [0.25, 0.3) is 0 Å². The van der Waals surface area contributed by atoms with Gasteiger partial charge in [0, 0.05) is 25.6 Å². The van der Waals surface area contributed by atoms with Crippen LogP contribution < -0.4 is 5.32 Å². The quantitative estimate of drug-likeness (QED) is 0.900. The summed E-state index contributed by atoms with van der Waals surface area (Å²) in [7, 11) is 0. The molecule has 1 N–H and O–H groups in total. The number of benzene rings is 1. The third-order valence-corrected chi connectivity index (χ3v) is 4.20. The summed E-state index contributed by atoms with van der Waals surface area (Å²) < 4.78 is 0. The summed E-state index contributed by atoms with van der Waals surface area (Å²) in [5.74, 6) is -0.119. The molecule has 1 aromatic rings. The minimum Gasteiger partial charge on any atom is -0.367 e. The van der Waals surface area contributed by atoms with Crippen LogP contribution in [-0.4, -0.2) is 36.6 Å². The number of hydrogen-bond donors (Lipinski definition) is 1. The van der Waals surface area contributed by atoms with Gasteiger partial charge < -0.3 is 10.2 Å². The molecule has 5 nitrogen and oxygen atoms in total. The fourth-order valence-corrected chi connectivity index (χ4v) is 2.58. The van der Waals surface area contributed by atoms with Crippen molar-refractivity contribution in [1.82, 2.24) is 10.4 Å². The molecular weight excluding hydrogens is 304 g/mol. The van der Waals surface area contributed by atoms with E-state index in [-0.39, 0.29) is 17.8 Å². The fourth-order valence-electron chi connectivity index (χ4n) is 2.58. The highest BCUT2D eigenvalue weighted by atomic mass is 16.7. The zero-order chi connectivity index (χ0) is 17.6. The van der Waals surface area contributed by atoms with Gasteiger partial charge in [-0.15, -0.1) is 5.06 Å². The number of carbonyl (C=O) groups excluding carboxylic acids is 2. The molecular formula is C19H28N2O3. The molecule has 1 fully saturated rings. The van der Waals surface area contributed by atoms with Gasteiger partial charge in [-0.05, 0) is 45.6 Å². The Morgan fingerprint density at radius 1 is 1.17 bits per heavy atom. The molecule has 2 rings (SSSR count). The molecule has 5 heteroatoms. The summed E-state index contributed by atoms with van der Waals surface area (Å²) in [4.78, 5) is 29.5. The van der Waals surface area contributed by atoms with Crippen molar-refractivity contribution in [2.75, 3.05) is 19.6 Å². The highest BCUT2D eigenvalue weighted by Gasteiger charge is 2.30. The molecule has 0 unspecified atom stereocenters. The van der Waals surface area contributed by atoms with E-state index in [0.717, 1.165) is 6.42 Å². The second kappa shape index (κ2) is 8.29. The zero-order valence-electron chi connectivity index (χ0n) is 14.9. The standard InChI is InChI=1S/C19H28N2O3/c1-19(2,3)18(23)24-21-13-10-16(11-14-21)17(22)20-12-9-15-7-5-4-6-8-15/h4-8,16H,9-14H2,1-3H3,(H,20,22). The summed E-state index contributed by atoms with van der Waals surface area (Å²) in [6.45, 7) is 7.38. The molecule has 0 aromatic heterocycles. The largest absolute Gasteiger partial charge is 0.367 e. The van der Waals surface area contributed by atoms with Crippen LogP contribution in [0.3, 0.4) is 0 Å². The summed E-state index contributed by atoms with van der Waals surface area (Å²) in [5, 5.41) is 4.70. The van der Waals surface area contributed by atoms with Gasteiger partial charge in [-0.1, -0.05) is 30.3 Å². The fraction of sp³-hybridized carbons (Fsp3) is 0.579. The molecule has 1 aliphatic heterocycles. The Morgan fingerprint density at radius 2 is 1.79 bits per heavy atom. The van der Waals surface area contributed by atoms with Crippen LogP contribution in [0.1, 0.15) is 39.2 Å². The van der Waals surface area contributed by atoms with Crippen molar-refractivity contribution in [3.8, 4) is 0 Å². The topological polar surface area (TPSA) is 58.6 Å². The maximum Gasteiger partial charge on any atom is 0.330 e. The normalized spacial score (nSPS) is 16.6. The molecule has 1 saturated heterocycles. The van der Waals surface area contributed by atoms with Crippen molar-refractivity contribution in [3.63, 3.8) is 0 Å². The predicted molar refractivity (Wildman–Crippen MR) is 93.0 cm³/mol. The Hall–Kier alpha value is -1.88. The molecule has 0 saturated carbocycles. The number of piperidine rings is 1. The number of nitrogens with one attached hydrogen (secondary N) is 1. The van der Waals surface area contributed by atoms with Crippen molar-refractivity contribution in [3.05, 3.63) is 35.9 Å². The predicted octanol–water partition coefficient (Wildman–Crippen LogP) is 2.56. The summed E-state index contributed by atoms with van der Waals surface area (Å²) in [6.07, 6.45) is 2.28. The van der Waals surface area contributed by atoms with E-state index < -0.39 is 5.41 Å². The van der Waals surface area contributed by atoms with Gasteiger partial charge in [0.05, 0.1) is 5.41 Å². The van der Waals surface area contributed by atoms with E-state index in [1.807, 2.05) is 39.0 Å². The van der Waals surface area contributed by atoms with Gasteiger partial charge in [-0.25, -0.2) is 4.79 Å². The van der Waals surface area contributed by atoms with Crippen LogP contribution in [0.4, 0.5) is 0 Å². The lowest BCUT2D eigenvalue weighted by atomic mass is 9.96. The second-order valence-corrected chi connectivity index (χ2v) is 7.36. The minimum atomic E-state index is -0.508. The molecule has 0 atom stereocenters. The van der Waals surface area contributed by atoms with Crippen molar-refractivity contribution in [2.45, 2.75) is 40.0 Å². The van der Waals surface area contributed by atoms with Gasteiger partial charge in [0.1, 0.15) is 0 Å². The van der Waals surface area contributed by atoms with Crippen LogP contribution in [0.5, 0.6) is 0 Å².